The van der Waals surface area contributed by atoms with Gasteiger partial charge in [0.1, 0.15) is 0 Å². The van der Waals surface area contributed by atoms with Crippen LogP contribution in [0.3, 0.4) is 0 Å². The highest BCUT2D eigenvalue weighted by atomic mass is 14.4. The third kappa shape index (κ3) is 5.85. The van der Waals surface area contributed by atoms with E-state index in [1.165, 1.54) is 164 Å². The molecule has 356 valence electrons. The van der Waals surface area contributed by atoms with Crippen LogP contribution in [0.2, 0.25) is 0 Å². The largest absolute Gasteiger partial charge is 0.0616 e. The van der Waals surface area contributed by atoms with Gasteiger partial charge in [-0.25, -0.2) is 0 Å². The summed E-state index contributed by atoms with van der Waals surface area (Å²) in [5.41, 5.74) is 20.7. The zero-order valence-corrected chi connectivity index (χ0v) is 43.1. The monoisotopic (exact) mass is 964 g/mol. The van der Waals surface area contributed by atoms with Crippen LogP contribution in [0.4, 0.5) is 0 Å². The van der Waals surface area contributed by atoms with E-state index >= 15 is 0 Å². The Hall–Kier alpha value is -9.10. The Morgan fingerprint density at radius 2 is 0.566 bits per heavy atom. The highest BCUT2D eigenvalue weighted by Gasteiger charge is 2.41. The van der Waals surface area contributed by atoms with Gasteiger partial charge in [-0.3, -0.25) is 0 Å². The van der Waals surface area contributed by atoms with Crippen molar-refractivity contribution in [2.75, 3.05) is 0 Å². The number of benzene rings is 14. The third-order valence-corrected chi connectivity index (χ3v) is 18.0. The van der Waals surface area contributed by atoms with Crippen molar-refractivity contribution in [1.29, 1.82) is 0 Å². The Balaban J connectivity index is 0.877. The minimum Gasteiger partial charge on any atom is -0.0616 e. The first-order valence-electron chi connectivity index (χ1n) is 27.0. The lowest BCUT2D eigenvalue weighted by Gasteiger charge is -2.36. The van der Waals surface area contributed by atoms with Crippen LogP contribution in [-0.4, -0.2) is 0 Å². The summed E-state index contributed by atoms with van der Waals surface area (Å²) in [5, 5.41) is 18.0. The lowest BCUT2D eigenvalue weighted by molar-refractivity contribution is 0.644. The Bertz CT molecular complexity index is 4740. The Morgan fingerprint density at radius 3 is 1.04 bits per heavy atom. The third-order valence-electron chi connectivity index (χ3n) is 18.0. The lowest BCUT2D eigenvalue weighted by Crippen LogP contribution is -2.24. The molecule has 0 fully saturated rings. The second-order valence-electron chi connectivity index (χ2n) is 22.6. The molecule has 0 N–H and O–H groups in total. The van der Waals surface area contributed by atoms with Gasteiger partial charge in [0.05, 0.1) is 0 Å². The van der Waals surface area contributed by atoms with Gasteiger partial charge in [0.15, 0.2) is 0 Å². The van der Waals surface area contributed by atoms with Crippen molar-refractivity contribution in [3.63, 3.8) is 0 Å². The van der Waals surface area contributed by atoms with E-state index in [2.05, 4.69) is 270 Å². The summed E-state index contributed by atoms with van der Waals surface area (Å²) < 4.78 is 0. The molecule has 0 radical (unpaired) electrons. The standard InChI is InChI=1S/C76H52/c1-75(2)65-37-19-36-63-73-62-41-39-48(70-56-28-11-15-32-60(56)72(61-33-16-12-29-57(61)70)53-35-18-23-46-21-6-8-25-50(46)53)43-67(62)76(3,4)68(73)44-64(74(63)65)51-40-38-47(42-66(51)75)69-54-26-9-13-30-58(54)71(59-31-14-10-27-55(59)69)52-34-17-22-45-20-5-7-24-49(45)52/h5-44H,1-4H3. The second-order valence-corrected chi connectivity index (χ2v) is 22.6. The molecule has 0 saturated heterocycles. The van der Waals surface area contributed by atoms with E-state index in [1.807, 2.05) is 0 Å². The molecule has 0 amide bonds. The molecule has 16 rings (SSSR count). The first-order valence-corrected chi connectivity index (χ1v) is 27.0. The van der Waals surface area contributed by atoms with Crippen molar-refractivity contribution < 1.29 is 0 Å². The average molecular weight is 965 g/mol. The molecule has 0 heterocycles. The molecule has 0 unspecified atom stereocenters. The quantitative estimate of drug-likeness (QED) is 0.154. The Labute approximate surface area is 443 Å². The molecule has 0 spiro atoms. The highest BCUT2D eigenvalue weighted by Crippen LogP contribution is 2.59. The molecule has 0 nitrogen and oxygen atoms in total. The fraction of sp³-hybridized carbons (Fsp3) is 0.0789. The lowest BCUT2D eigenvalue weighted by atomic mass is 9.66. The van der Waals surface area contributed by atoms with Gasteiger partial charge in [-0.15, -0.1) is 0 Å². The average Bonchev–Trinajstić information content (AvgIpc) is 3.77. The summed E-state index contributed by atoms with van der Waals surface area (Å²) in [7, 11) is 0. The van der Waals surface area contributed by atoms with Gasteiger partial charge in [-0.2, -0.15) is 0 Å². The van der Waals surface area contributed by atoms with Crippen molar-refractivity contribution in [2.24, 2.45) is 0 Å². The predicted molar refractivity (Wildman–Crippen MR) is 326 cm³/mol. The van der Waals surface area contributed by atoms with Gasteiger partial charge >= 0.3 is 0 Å². The zero-order valence-electron chi connectivity index (χ0n) is 43.1. The van der Waals surface area contributed by atoms with Crippen LogP contribution < -0.4 is 0 Å². The fourth-order valence-electron chi connectivity index (χ4n) is 14.5. The van der Waals surface area contributed by atoms with Crippen LogP contribution in [0, 0.1) is 0 Å². The topological polar surface area (TPSA) is 0 Å². The molecule has 2 aliphatic carbocycles. The van der Waals surface area contributed by atoms with Crippen LogP contribution in [0.15, 0.2) is 243 Å². The van der Waals surface area contributed by atoms with Crippen LogP contribution in [-0.2, 0) is 10.8 Å². The molecule has 0 atom stereocenters. The van der Waals surface area contributed by atoms with Crippen LogP contribution in [0.25, 0.3) is 142 Å². The van der Waals surface area contributed by atoms with E-state index in [0.29, 0.717) is 0 Å². The van der Waals surface area contributed by atoms with Crippen LogP contribution in [0.5, 0.6) is 0 Å². The SMILES string of the molecule is CC1(C)c2cc(-c3c4ccccc4c(-c4cccc5ccccc45)c4ccccc34)ccc2-c2c1cc1c3c(cccc23)C(C)(C)c2cc(-c3c4ccccc4c(-c4cccc5ccccc45)c4ccccc34)ccc2-1. The van der Waals surface area contributed by atoms with Crippen LogP contribution >= 0.6 is 0 Å². The molecule has 0 heteroatoms. The van der Waals surface area contributed by atoms with Crippen molar-refractivity contribution in [1.82, 2.24) is 0 Å². The molecule has 0 aromatic heterocycles. The molecule has 14 aromatic carbocycles. The van der Waals surface area contributed by atoms with Gasteiger partial charge < -0.3 is 0 Å². The van der Waals surface area contributed by atoms with E-state index < -0.39 is 0 Å². The van der Waals surface area contributed by atoms with Gasteiger partial charge in [-0.05, 0) is 183 Å². The first kappa shape index (κ1) is 43.3. The van der Waals surface area contributed by atoms with Crippen molar-refractivity contribution in [3.8, 4) is 66.8 Å². The number of rotatable bonds is 4. The van der Waals surface area contributed by atoms with Crippen molar-refractivity contribution in [2.45, 2.75) is 38.5 Å². The van der Waals surface area contributed by atoms with Gasteiger partial charge in [0, 0.05) is 10.8 Å². The molecule has 76 heavy (non-hydrogen) atoms. The minimum absolute atomic E-state index is 0.257. The molecular weight excluding hydrogens is 913 g/mol. The van der Waals surface area contributed by atoms with Gasteiger partial charge in [0.2, 0.25) is 0 Å². The molecule has 14 aromatic rings. The molecule has 2 aliphatic rings. The van der Waals surface area contributed by atoms with E-state index in [9.17, 15) is 0 Å². The maximum absolute atomic E-state index is 2.59. The van der Waals surface area contributed by atoms with Crippen molar-refractivity contribution >= 4 is 75.4 Å². The van der Waals surface area contributed by atoms with Gasteiger partial charge in [-0.1, -0.05) is 252 Å². The maximum Gasteiger partial charge on any atom is 0.0159 e. The van der Waals surface area contributed by atoms with Crippen molar-refractivity contribution in [3.05, 3.63) is 265 Å². The van der Waals surface area contributed by atoms with E-state index in [0.717, 1.165) is 0 Å². The number of hydrogen-bond acceptors (Lipinski definition) is 0. The minimum atomic E-state index is -0.262. The van der Waals surface area contributed by atoms with Crippen LogP contribution in [0.1, 0.15) is 49.9 Å². The van der Waals surface area contributed by atoms with E-state index in [-0.39, 0.29) is 10.8 Å². The zero-order chi connectivity index (χ0) is 50.6. The summed E-state index contributed by atoms with van der Waals surface area (Å²) in [6, 6.07) is 92.0. The Morgan fingerprint density at radius 1 is 0.211 bits per heavy atom. The predicted octanol–water partition coefficient (Wildman–Crippen LogP) is 21.0. The number of fused-ring (bicyclic) bond motifs is 12. The maximum atomic E-state index is 2.59. The summed E-state index contributed by atoms with van der Waals surface area (Å²) in [6.07, 6.45) is 0. The smallest absolute Gasteiger partial charge is 0.0159 e. The Kier molecular flexibility index (Phi) is 8.96. The van der Waals surface area contributed by atoms with E-state index in [4.69, 9.17) is 0 Å². The van der Waals surface area contributed by atoms with Gasteiger partial charge in [0.25, 0.3) is 0 Å². The second kappa shape index (κ2) is 15.7. The molecule has 0 bridgehead atoms. The normalized spacial score (nSPS) is 14.0. The molecular formula is C76H52. The summed E-state index contributed by atoms with van der Waals surface area (Å²) >= 11 is 0. The number of hydrogen-bond donors (Lipinski definition) is 0. The first-order chi connectivity index (χ1) is 37.3. The summed E-state index contributed by atoms with van der Waals surface area (Å²) in [4.78, 5) is 0. The van der Waals surface area contributed by atoms with E-state index in [1.54, 1.807) is 0 Å². The summed E-state index contributed by atoms with van der Waals surface area (Å²) in [5.74, 6) is 0. The molecule has 0 aliphatic heterocycles. The molecule has 0 saturated carbocycles. The summed E-state index contributed by atoms with van der Waals surface area (Å²) in [6.45, 7) is 9.81. The highest BCUT2D eigenvalue weighted by molar-refractivity contribution is 6.25. The fourth-order valence-corrected chi connectivity index (χ4v) is 14.5.